The second kappa shape index (κ2) is 7.46. The Balaban J connectivity index is 0.00000180. The fraction of sp³-hybridized carbons (Fsp3) is 0.208. The lowest BCUT2D eigenvalue weighted by Crippen LogP contribution is -1.98. The highest BCUT2D eigenvalue weighted by molar-refractivity contribution is 7.19. The number of aromatic nitrogens is 1. The van der Waals surface area contributed by atoms with Crippen LogP contribution in [0.2, 0.25) is 0 Å². The Morgan fingerprint density at radius 1 is 0.852 bits per heavy atom. The first-order chi connectivity index (χ1) is 12.8. The molecule has 0 saturated heterocycles. The molecule has 0 atom stereocenters. The fourth-order valence-electron chi connectivity index (χ4n) is 3.98. The molecule has 0 radical (unpaired) electrons. The smallest absolute Gasteiger partial charge is 0.125 e. The van der Waals surface area contributed by atoms with Crippen LogP contribution in [0.3, 0.4) is 0 Å². The van der Waals surface area contributed by atoms with E-state index in [2.05, 4.69) is 67.6 Å². The SMILES string of the molecule is Cc1ccc(-c2cc(-c3ccccc3)c3c4c(sc3n2)CCCC4)cc1.Cl. The van der Waals surface area contributed by atoms with Crippen LogP contribution in [0.15, 0.2) is 60.7 Å². The van der Waals surface area contributed by atoms with Gasteiger partial charge in [-0.25, -0.2) is 4.98 Å². The van der Waals surface area contributed by atoms with Gasteiger partial charge < -0.3 is 0 Å². The third-order valence-electron chi connectivity index (χ3n) is 5.36. The number of nitrogens with zero attached hydrogens (tertiary/aromatic N) is 1. The highest BCUT2D eigenvalue weighted by atomic mass is 35.5. The molecular weight excluding hydrogens is 370 g/mol. The summed E-state index contributed by atoms with van der Waals surface area (Å²) in [6, 6.07) is 21.8. The summed E-state index contributed by atoms with van der Waals surface area (Å²) in [5.74, 6) is 0. The third kappa shape index (κ3) is 3.28. The van der Waals surface area contributed by atoms with Gasteiger partial charge in [-0.15, -0.1) is 23.7 Å². The van der Waals surface area contributed by atoms with Crippen molar-refractivity contribution < 1.29 is 0 Å². The summed E-state index contributed by atoms with van der Waals surface area (Å²) < 4.78 is 0. The van der Waals surface area contributed by atoms with Gasteiger partial charge in [-0.2, -0.15) is 0 Å². The summed E-state index contributed by atoms with van der Waals surface area (Å²) in [6.07, 6.45) is 5.02. The number of hydrogen-bond acceptors (Lipinski definition) is 2. The van der Waals surface area contributed by atoms with Crippen molar-refractivity contribution in [2.75, 3.05) is 0 Å². The molecule has 0 bridgehead atoms. The Kier molecular flexibility index (Phi) is 5.03. The van der Waals surface area contributed by atoms with Crippen molar-refractivity contribution in [1.82, 2.24) is 4.98 Å². The molecule has 1 aliphatic carbocycles. The second-order valence-corrected chi connectivity index (χ2v) is 8.26. The zero-order valence-electron chi connectivity index (χ0n) is 15.4. The van der Waals surface area contributed by atoms with Gasteiger partial charge in [0.25, 0.3) is 0 Å². The summed E-state index contributed by atoms with van der Waals surface area (Å²) >= 11 is 1.91. The lowest BCUT2D eigenvalue weighted by Gasteiger charge is -2.13. The van der Waals surface area contributed by atoms with Crippen LogP contribution in [0.4, 0.5) is 0 Å². The van der Waals surface area contributed by atoms with Gasteiger partial charge in [0.1, 0.15) is 4.83 Å². The summed E-state index contributed by atoms with van der Waals surface area (Å²) in [6.45, 7) is 2.13. The highest BCUT2D eigenvalue weighted by Gasteiger charge is 2.21. The van der Waals surface area contributed by atoms with Crippen molar-refractivity contribution in [2.24, 2.45) is 0 Å². The first kappa shape index (κ1) is 18.2. The number of pyridine rings is 1. The molecule has 3 heteroatoms. The number of benzene rings is 2. The lowest BCUT2D eigenvalue weighted by atomic mass is 9.92. The second-order valence-electron chi connectivity index (χ2n) is 7.18. The zero-order valence-corrected chi connectivity index (χ0v) is 17.0. The van der Waals surface area contributed by atoms with E-state index in [1.165, 1.54) is 58.2 Å². The van der Waals surface area contributed by atoms with Crippen LogP contribution in [-0.2, 0) is 12.8 Å². The van der Waals surface area contributed by atoms with Crippen LogP contribution in [-0.4, -0.2) is 4.98 Å². The molecule has 0 saturated carbocycles. The molecule has 1 nitrogen and oxygen atoms in total. The van der Waals surface area contributed by atoms with E-state index in [1.54, 1.807) is 10.4 Å². The quantitative estimate of drug-likeness (QED) is 0.351. The van der Waals surface area contributed by atoms with Crippen LogP contribution >= 0.6 is 23.7 Å². The van der Waals surface area contributed by atoms with Gasteiger partial charge in [0.05, 0.1) is 5.69 Å². The average Bonchev–Trinajstić information content (AvgIpc) is 3.07. The maximum Gasteiger partial charge on any atom is 0.125 e. The van der Waals surface area contributed by atoms with Gasteiger partial charge in [0.15, 0.2) is 0 Å². The van der Waals surface area contributed by atoms with Gasteiger partial charge in [0, 0.05) is 15.8 Å². The largest absolute Gasteiger partial charge is 0.237 e. The first-order valence-electron chi connectivity index (χ1n) is 9.37. The van der Waals surface area contributed by atoms with Gasteiger partial charge >= 0.3 is 0 Å². The number of rotatable bonds is 2. The molecule has 5 rings (SSSR count). The van der Waals surface area contributed by atoms with Crippen LogP contribution in [0.1, 0.15) is 28.8 Å². The van der Waals surface area contributed by atoms with Gasteiger partial charge in [-0.1, -0.05) is 60.2 Å². The summed E-state index contributed by atoms with van der Waals surface area (Å²) in [5, 5.41) is 1.40. The number of fused-ring (bicyclic) bond motifs is 3. The van der Waals surface area contributed by atoms with E-state index in [4.69, 9.17) is 4.98 Å². The van der Waals surface area contributed by atoms with Crippen molar-refractivity contribution in [3.05, 3.63) is 76.7 Å². The Labute approximate surface area is 170 Å². The topological polar surface area (TPSA) is 12.9 Å². The summed E-state index contributed by atoms with van der Waals surface area (Å²) in [7, 11) is 0. The van der Waals surface area contributed by atoms with Gasteiger partial charge in [0.2, 0.25) is 0 Å². The molecule has 0 spiro atoms. The van der Waals surface area contributed by atoms with Crippen molar-refractivity contribution in [2.45, 2.75) is 32.6 Å². The molecule has 1 aliphatic rings. The van der Waals surface area contributed by atoms with Gasteiger partial charge in [-0.05, 0) is 55.4 Å². The molecule has 2 heterocycles. The predicted octanol–water partition coefficient (Wildman–Crippen LogP) is 7.24. The highest BCUT2D eigenvalue weighted by Crippen LogP contribution is 2.42. The molecule has 2 aromatic heterocycles. The van der Waals surface area contributed by atoms with E-state index in [0.717, 1.165) is 5.69 Å². The number of halogens is 1. The van der Waals surface area contributed by atoms with Crippen molar-refractivity contribution in [3.8, 4) is 22.4 Å². The summed E-state index contributed by atoms with van der Waals surface area (Å²) in [5.41, 5.74) is 7.74. The molecule has 136 valence electrons. The van der Waals surface area contributed by atoms with Crippen molar-refractivity contribution >= 4 is 34.0 Å². The first-order valence-corrected chi connectivity index (χ1v) is 10.2. The molecule has 2 aromatic carbocycles. The lowest BCUT2D eigenvalue weighted by molar-refractivity contribution is 0.700. The van der Waals surface area contributed by atoms with Crippen molar-refractivity contribution in [3.63, 3.8) is 0 Å². The average molecular weight is 392 g/mol. The predicted molar refractivity (Wildman–Crippen MR) is 119 cm³/mol. The van der Waals surface area contributed by atoms with Crippen molar-refractivity contribution in [1.29, 1.82) is 0 Å². The number of thiophene rings is 1. The maximum atomic E-state index is 5.08. The Morgan fingerprint density at radius 2 is 1.59 bits per heavy atom. The Morgan fingerprint density at radius 3 is 2.37 bits per heavy atom. The minimum atomic E-state index is 0. The van der Waals surface area contributed by atoms with E-state index in [9.17, 15) is 0 Å². The van der Waals surface area contributed by atoms with E-state index in [0.29, 0.717) is 0 Å². The minimum absolute atomic E-state index is 0. The van der Waals surface area contributed by atoms with Crippen LogP contribution in [0.25, 0.3) is 32.6 Å². The van der Waals surface area contributed by atoms with Gasteiger partial charge in [-0.3, -0.25) is 0 Å². The van der Waals surface area contributed by atoms with Crippen LogP contribution < -0.4 is 0 Å². The molecule has 0 aliphatic heterocycles. The molecular formula is C24H22ClNS. The molecule has 4 aromatic rings. The standard InChI is InChI=1S/C24H21NS.ClH/c1-16-11-13-18(14-12-16)21-15-20(17-7-3-2-4-8-17)23-19-9-5-6-10-22(19)26-24(23)25-21;/h2-4,7-8,11-15H,5-6,9-10H2,1H3;1H. The maximum absolute atomic E-state index is 5.08. The Bertz CT molecular complexity index is 1080. The molecule has 0 fully saturated rings. The van der Waals surface area contributed by atoms with E-state index in [1.807, 2.05) is 11.3 Å². The molecule has 0 amide bonds. The zero-order chi connectivity index (χ0) is 17.5. The van der Waals surface area contributed by atoms with E-state index in [-0.39, 0.29) is 12.4 Å². The fourth-order valence-corrected chi connectivity index (χ4v) is 5.26. The monoisotopic (exact) mass is 391 g/mol. The normalized spacial score (nSPS) is 13.2. The summed E-state index contributed by atoms with van der Waals surface area (Å²) in [4.78, 5) is 7.84. The van der Waals surface area contributed by atoms with E-state index >= 15 is 0 Å². The van der Waals surface area contributed by atoms with E-state index < -0.39 is 0 Å². The number of aryl methyl sites for hydroxylation is 3. The minimum Gasteiger partial charge on any atom is -0.237 e. The third-order valence-corrected chi connectivity index (χ3v) is 6.54. The Hall–Kier alpha value is -2.16. The van der Waals surface area contributed by atoms with Crippen LogP contribution in [0.5, 0.6) is 0 Å². The molecule has 0 N–H and O–H groups in total. The number of hydrogen-bond donors (Lipinski definition) is 0. The van der Waals surface area contributed by atoms with Crippen LogP contribution in [0, 0.1) is 6.92 Å². The molecule has 27 heavy (non-hydrogen) atoms. The molecule has 0 unspecified atom stereocenters.